The van der Waals surface area contributed by atoms with E-state index in [1.165, 1.54) is 12.1 Å². The number of para-hydroxylation sites is 1. The molecule has 0 amide bonds. The molecule has 2 rings (SSSR count). The summed E-state index contributed by atoms with van der Waals surface area (Å²) in [5.41, 5.74) is 0.338. The Morgan fingerprint density at radius 1 is 0.895 bits per heavy atom. The average Bonchev–Trinajstić information content (AvgIpc) is 2.29. The minimum atomic E-state index is -4.61. The monoisotopic (exact) mass is 288 g/mol. The maximum atomic E-state index is 10.9. The van der Waals surface area contributed by atoms with Crippen molar-refractivity contribution >= 4 is 10.1 Å². The Morgan fingerprint density at radius 3 is 2.05 bits per heavy atom. The molecule has 0 heterocycles. The third-order valence-electron chi connectivity index (χ3n) is 2.45. The van der Waals surface area contributed by atoms with Gasteiger partial charge in [-0.2, -0.15) is 0 Å². The summed E-state index contributed by atoms with van der Waals surface area (Å²) in [6, 6.07) is 9.26. The van der Waals surface area contributed by atoms with Crippen LogP contribution in [0.1, 0.15) is 0 Å². The van der Waals surface area contributed by atoms with Crippen LogP contribution in [0.5, 0.6) is 11.5 Å². The molecule has 5 nitrogen and oxygen atoms in total. The summed E-state index contributed by atoms with van der Waals surface area (Å²) in [6.45, 7) is 0. The number of phenols is 2. The summed E-state index contributed by atoms with van der Waals surface area (Å²) in [4.78, 5) is -0.460. The Hall–Kier alpha value is -1.05. The molecule has 0 aliphatic rings. The van der Waals surface area contributed by atoms with Gasteiger partial charge in [0.15, 0.2) is 0 Å². The first-order valence-corrected chi connectivity index (χ1v) is 6.37. The van der Waals surface area contributed by atoms with Gasteiger partial charge in [0.25, 0.3) is 0 Å². The van der Waals surface area contributed by atoms with Gasteiger partial charge in [0, 0.05) is 11.1 Å². The maximum absolute atomic E-state index is 10.9. The summed E-state index contributed by atoms with van der Waals surface area (Å²) >= 11 is 0. The normalized spacial score (nSPS) is 10.8. The van der Waals surface area contributed by atoms with Crippen LogP contribution in [-0.4, -0.2) is 23.2 Å². The Bertz CT molecular complexity index is 697. The summed E-state index contributed by atoms with van der Waals surface area (Å²) in [7, 11) is -4.61. The third kappa shape index (κ3) is 3.49. The molecule has 0 atom stereocenters. The third-order valence-corrected chi connectivity index (χ3v) is 3.28. The van der Waals surface area contributed by atoms with Gasteiger partial charge in [-0.25, -0.2) is 8.42 Å². The van der Waals surface area contributed by atoms with E-state index >= 15 is 0 Å². The minimum Gasteiger partial charge on any atom is -0.744 e. The van der Waals surface area contributed by atoms with Gasteiger partial charge < -0.3 is 14.8 Å². The van der Waals surface area contributed by atoms with Gasteiger partial charge in [-0.1, -0.05) is 18.2 Å². The summed E-state index contributed by atoms with van der Waals surface area (Å²) < 4.78 is 32.7. The molecule has 0 aromatic heterocycles. The fourth-order valence-corrected chi connectivity index (χ4v) is 2.08. The molecule has 0 aliphatic heterocycles. The standard InChI is InChI=1S/C12H10O5S.Na/c13-11-4-2-1-3-9(11)10-7-8(18(15,16)17)5-6-12(10)14;/h1-7,13-14H,(H,15,16,17);/q;+1/p-1. The van der Waals surface area contributed by atoms with Gasteiger partial charge in [-0.15, -0.1) is 0 Å². The Balaban J connectivity index is 0.00000180. The van der Waals surface area contributed by atoms with Gasteiger partial charge in [0.1, 0.15) is 21.6 Å². The van der Waals surface area contributed by atoms with Crippen LogP contribution >= 0.6 is 0 Å². The molecule has 7 heteroatoms. The Kier molecular flexibility index (Phi) is 5.00. The van der Waals surface area contributed by atoms with Crippen molar-refractivity contribution in [3.63, 3.8) is 0 Å². The van der Waals surface area contributed by atoms with Gasteiger partial charge in [-0.3, -0.25) is 0 Å². The van der Waals surface area contributed by atoms with Gasteiger partial charge in [-0.05, 0) is 24.3 Å². The van der Waals surface area contributed by atoms with E-state index in [9.17, 15) is 23.2 Å². The van der Waals surface area contributed by atoms with Gasteiger partial charge in [0.2, 0.25) is 0 Å². The van der Waals surface area contributed by atoms with Crippen LogP contribution in [0.4, 0.5) is 0 Å². The number of phenolic OH excluding ortho intramolecular Hbond substituents is 2. The smallest absolute Gasteiger partial charge is 0.744 e. The fourth-order valence-electron chi connectivity index (χ4n) is 1.59. The minimum absolute atomic E-state index is 0. The summed E-state index contributed by atoms with van der Waals surface area (Å²) in [5, 5.41) is 19.3. The summed E-state index contributed by atoms with van der Waals surface area (Å²) in [6.07, 6.45) is 0. The second-order valence-corrected chi connectivity index (χ2v) is 5.03. The molecular weight excluding hydrogens is 279 g/mol. The number of benzene rings is 2. The number of rotatable bonds is 2. The molecule has 0 aliphatic carbocycles. The molecule has 19 heavy (non-hydrogen) atoms. The zero-order valence-electron chi connectivity index (χ0n) is 10.1. The molecule has 2 aromatic carbocycles. The van der Waals surface area contributed by atoms with Crippen LogP contribution in [0.3, 0.4) is 0 Å². The van der Waals surface area contributed by atoms with Crippen LogP contribution in [0.15, 0.2) is 47.4 Å². The molecule has 0 bridgehead atoms. The van der Waals surface area contributed by atoms with Crippen molar-refractivity contribution in [3.05, 3.63) is 42.5 Å². The van der Waals surface area contributed by atoms with E-state index in [2.05, 4.69) is 0 Å². The molecule has 0 spiro atoms. The van der Waals surface area contributed by atoms with Crippen molar-refractivity contribution in [1.29, 1.82) is 0 Å². The fraction of sp³-hybridized carbons (Fsp3) is 0. The molecule has 0 fully saturated rings. The molecular formula is C12H9NaO5S. The van der Waals surface area contributed by atoms with Gasteiger partial charge in [0.05, 0.1) is 4.90 Å². The first kappa shape index (κ1) is 16.0. The predicted octanol–water partition coefficient (Wildman–Crippen LogP) is -1.33. The van der Waals surface area contributed by atoms with E-state index in [4.69, 9.17) is 0 Å². The SMILES string of the molecule is O=S(=O)([O-])c1ccc(O)c(-c2ccccc2O)c1.[Na+]. The number of aromatic hydroxyl groups is 2. The van der Waals surface area contributed by atoms with Crippen molar-refractivity contribution in [2.75, 3.05) is 0 Å². The molecule has 0 saturated carbocycles. The van der Waals surface area contributed by atoms with Crippen molar-refractivity contribution in [3.8, 4) is 22.6 Å². The van der Waals surface area contributed by atoms with Crippen LogP contribution in [0, 0.1) is 0 Å². The Labute approximate surface area is 132 Å². The van der Waals surface area contributed by atoms with Gasteiger partial charge >= 0.3 is 29.6 Å². The maximum Gasteiger partial charge on any atom is 1.00 e. The zero-order chi connectivity index (χ0) is 13.3. The number of hydrogen-bond acceptors (Lipinski definition) is 5. The largest absolute Gasteiger partial charge is 1.00 e. The van der Waals surface area contributed by atoms with E-state index in [0.717, 1.165) is 18.2 Å². The predicted molar refractivity (Wildman–Crippen MR) is 63.2 cm³/mol. The molecule has 0 saturated heterocycles. The van der Waals surface area contributed by atoms with Crippen LogP contribution in [-0.2, 0) is 10.1 Å². The van der Waals surface area contributed by atoms with E-state index in [-0.39, 0.29) is 52.2 Å². The van der Waals surface area contributed by atoms with E-state index in [0.29, 0.717) is 0 Å². The Morgan fingerprint density at radius 2 is 1.47 bits per heavy atom. The van der Waals surface area contributed by atoms with E-state index in [1.807, 2.05) is 0 Å². The second kappa shape index (κ2) is 5.94. The number of hydrogen-bond donors (Lipinski definition) is 2. The van der Waals surface area contributed by atoms with Crippen molar-refractivity contribution in [2.24, 2.45) is 0 Å². The van der Waals surface area contributed by atoms with Crippen molar-refractivity contribution < 1.29 is 52.7 Å². The first-order chi connectivity index (χ1) is 8.39. The van der Waals surface area contributed by atoms with Crippen molar-refractivity contribution in [2.45, 2.75) is 4.90 Å². The van der Waals surface area contributed by atoms with Crippen LogP contribution in [0.25, 0.3) is 11.1 Å². The van der Waals surface area contributed by atoms with E-state index in [1.54, 1.807) is 12.1 Å². The van der Waals surface area contributed by atoms with Crippen LogP contribution < -0.4 is 29.6 Å². The molecule has 2 aromatic rings. The average molecular weight is 288 g/mol. The quantitative estimate of drug-likeness (QED) is 0.527. The molecule has 94 valence electrons. The van der Waals surface area contributed by atoms with Crippen molar-refractivity contribution in [1.82, 2.24) is 0 Å². The topological polar surface area (TPSA) is 97.7 Å². The molecule has 2 N–H and O–H groups in total. The van der Waals surface area contributed by atoms with Crippen LogP contribution in [0.2, 0.25) is 0 Å². The second-order valence-electron chi connectivity index (χ2n) is 3.65. The molecule has 0 unspecified atom stereocenters. The zero-order valence-corrected chi connectivity index (χ0v) is 12.9. The first-order valence-electron chi connectivity index (χ1n) is 4.97. The molecule has 0 radical (unpaired) electrons. The van der Waals surface area contributed by atoms with E-state index < -0.39 is 15.0 Å². The summed E-state index contributed by atoms with van der Waals surface area (Å²) in [5.74, 6) is -0.336.